The lowest BCUT2D eigenvalue weighted by Crippen LogP contribution is -2.15. The molecule has 0 spiro atoms. The Morgan fingerprint density at radius 1 is 0.963 bits per heavy atom. The van der Waals surface area contributed by atoms with Crippen molar-refractivity contribution in [3.05, 3.63) is 89.5 Å². The highest BCUT2D eigenvalue weighted by Gasteiger charge is 2.16. The molecule has 27 heavy (non-hydrogen) atoms. The van der Waals surface area contributed by atoms with E-state index in [-0.39, 0.29) is 5.56 Å². The smallest absolute Gasteiger partial charge is 0.257 e. The number of hydrogen-bond donors (Lipinski definition) is 2. The molecule has 1 aromatic heterocycles. The van der Waals surface area contributed by atoms with E-state index in [1.54, 1.807) is 12.3 Å². The molecule has 0 saturated carbocycles. The highest BCUT2D eigenvalue weighted by molar-refractivity contribution is 6.04. The van der Waals surface area contributed by atoms with Crippen molar-refractivity contribution in [2.24, 2.45) is 0 Å². The summed E-state index contributed by atoms with van der Waals surface area (Å²) in [7, 11) is 0. The lowest BCUT2D eigenvalue weighted by atomic mass is 10.1. The number of hydrogen-bond acceptors (Lipinski definition) is 3. The summed E-state index contributed by atoms with van der Waals surface area (Å²) in [4.78, 5) is 16.2. The van der Waals surface area contributed by atoms with Gasteiger partial charge in [0.2, 0.25) is 0 Å². The van der Waals surface area contributed by atoms with Gasteiger partial charge in [0.15, 0.2) is 17.5 Å². The molecule has 1 amide bonds. The number of halogens is 3. The van der Waals surface area contributed by atoms with E-state index < -0.39 is 29.0 Å². The topological polar surface area (TPSA) is 54.0 Å². The van der Waals surface area contributed by atoms with Crippen molar-refractivity contribution in [3.63, 3.8) is 0 Å². The van der Waals surface area contributed by atoms with Crippen LogP contribution < -0.4 is 10.6 Å². The minimum Gasteiger partial charge on any atom is -0.383 e. The van der Waals surface area contributed by atoms with Gasteiger partial charge in [-0.15, -0.1) is 0 Å². The minimum absolute atomic E-state index is 0.156. The molecule has 0 unspecified atom stereocenters. The molecular weight excluding hydrogens is 355 g/mol. The van der Waals surface area contributed by atoms with E-state index in [0.29, 0.717) is 12.2 Å². The average Bonchev–Trinajstić information content (AvgIpc) is 2.69. The van der Waals surface area contributed by atoms with Crippen molar-refractivity contribution < 1.29 is 18.0 Å². The molecule has 2 aromatic carbocycles. The van der Waals surface area contributed by atoms with Gasteiger partial charge in [0.25, 0.3) is 5.91 Å². The molecule has 3 rings (SSSR count). The minimum atomic E-state index is -1.64. The van der Waals surface area contributed by atoms with Crippen LogP contribution in [0.15, 0.2) is 60.9 Å². The summed E-state index contributed by atoms with van der Waals surface area (Å²) in [5.74, 6) is -5.09. The van der Waals surface area contributed by atoms with E-state index in [9.17, 15) is 18.0 Å². The summed E-state index contributed by atoms with van der Waals surface area (Å²) in [6, 6.07) is 13.1. The summed E-state index contributed by atoms with van der Waals surface area (Å²) in [5, 5.41) is 5.37. The number of nitrogens with zero attached hydrogens (tertiary/aromatic N) is 1. The lowest BCUT2D eigenvalue weighted by Gasteiger charge is -2.09. The predicted molar refractivity (Wildman–Crippen MR) is 97.1 cm³/mol. The number of amides is 1. The second-order valence-electron chi connectivity index (χ2n) is 5.80. The van der Waals surface area contributed by atoms with Gasteiger partial charge in [-0.1, -0.05) is 30.3 Å². The second kappa shape index (κ2) is 8.35. The fourth-order valence-corrected chi connectivity index (χ4v) is 2.47. The summed E-state index contributed by atoms with van der Waals surface area (Å²) >= 11 is 0. The van der Waals surface area contributed by atoms with Gasteiger partial charge in [-0.3, -0.25) is 9.78 Å². The van der Waals surface area contributed by atoms with Crippen molar-refractivity contribution in [1.29, 1.82) is 0 Å². The molecule has 0 aliphatic carbocycles. The molecule has 4 nitrogen and oxygen atoms in total. The third-order valence-corrected chi connectivity index (χ3v) is 3.87. The number of nitrogens with one attached hydrogen (secondary N) is 2. The fraction of sp³-hybridized carbons (Fsp3) is 0.100. The Morgan fingerprint density at radius 3 is 2.52 bits per heavy atom. The highest BCUT2D eigenvalue weighted by Crippen LogP contribution is 2.20. The van der Waals surface area contributed by atoms with Gasteiger partial charge in [0.05, 0.1) is 16.9 Å². The van der Waals surface area contributed by atoms with E-state index in [2.05, 4.69) is 15.6 Å². The van der Waals surface area contributed by atoms with Crippen LogP contribution in [0.1, 0.15) is 15.9 Å². The monoisotopic (exact) mass is 371 g/mol. The number of benzene rings is 2. The number of aromatic nitrogens is 1. The van der Waals surface area contributed by atoms with Crippen LogP contribution in [0, 0.1) is 17.5 Å². The zero-order chi connectivity index (χ0) is 19.2. The maximum absolute atomic E-state index is 13.7. The van der Waals surface area contributed by atoms with E-state index in [1.165, 1.54) is 11.8 Å². The predicted octanol–water partition coefficient (Wildman–Crippen LogP) is 4.41. The Labute approximate surface area is 154 Å². The second-order valence-corrected chi connectivity index (χ2v) is 5.80. The van der Waals surface area contributed by atoms with Gasteiger partial charge in [0.1, 0.15) is 0 Å². The van der Waals surface area contributed by atoms with Gasteiger partial charge in [-0.2, -0.15) is 0 Å². The molecule has 0 saturated heterocycles. The number of rotatable bonds is 6. The molecule has 0 bridgehead atoms. The van der Waals surface area contributed by atoms with E-state index in [1.807, 2.05) is 30.3 Å². The molecule has 0 fully saturated rings. The van der Waals surface area contributed by atoms with Crippen molar-refractivity contribution in [1.82, 2.24) is 4.98 Å². The van der Waals surface area contributed by atoms with Gasteiger partial charge in [-0.25, -0.2) is 13.2 Å². The number of carbonyl (C=O) groups excluding carboxylic acids is 1. The Bertz CT molecular complexity index is 948. The SMILES string of the molecule is O=C(Nc1ccc(F)c(F)c1F)c1cncc(NCCc2ccccc2)c1. The molecule has 7 heteroatoms. The van der Waals surface area contributed by atoms with Crippen LogP contribution in [0.2, 0.25) is 0 Å². The van der Waals surface area contributed by atoms with Crippen molar-refractivity contribution in [3.8, 4) is 0 Å². The maximum atomic E-state index is 13.7. The quantitative estimate of drug-likeness (QED) is 0.631. The summed E-state index contributed by atoms with van der Waals surface area (Å²) in [6.07, 6.45) is 3.65. The van der Waals surface area contributed by atoms with Crippen LogP contribution in [0.4, 0.5) is 24.5 Å². The highest BCUT2D eigenvalue weighted by atomic mass is 19.2. The van der Waals surface area contributed by atoms with Gasteiger partial charge in [-0.05, 0) is 30.2 Å². The molecule has 3 aromatic rings. The molecule has 138 valence electrons. The Balaban J connectivity index is 1.64. The normalized spacial score (nSPS) is 10.5. The molecule has 2 N–H and O–H groups in total. The molecule has 0 radical (unpaired) electrons. The number of anilines is 2. The largest absolute Gasteiger partial charge is 0.383 e. The summed E-state index contributed by atoms with van der Waals surface area (Å²) in [6.45, 7) is 0.633. The molecule has 1 heterocycles. The van der Waals surface area contributed by atoms with Crippen LogP contribution in [-0.2, 0) is 6.42 Å². The number of carbonyl (C=O) groups is 1. The zero-order valence-corrected chi connectivity index (χ0v) is 14.2. The van der Waals surface area contributed by atoms with Gasteiger partial charge in [0, 0.05) is 18.9 Å². The van der Waals surface area contributed by atoms with Crippen LogP contribution in [0.3, 0.4) is 0 Å². The standard InChI is InChI=1S/C20H16F3N3O/c21-16-6-7-17(19(23)18(16)22)26-20(27)14-10-15(12-24-11-14)25-9-8-13-4-2-1-3-5-13/h1-7,10-12,25H,8-9H2,(H,26,27). The zero-order valence-electron chi connectivity index (χ0n) is 14.2. The molecular formula is C20H16F3N3O. The summed E-state index contributed by atoms with van der Waals surface area (Å²) < 4.78 is 39.9. The average molecular weight is 371 g/mol. The fourth-order valence-electron chi connectivity index (χ4n) is 2.47. The molecule has 0 aliphatic rings. The first-order valence-corrected chi connectivity index (χ1v) is 8.22. The number of pyridine rings is 1. The first kappa shape index (κ1) is 18.4. The third-order valence-electron chi connectivity index (χ3n) is 3.87. The first-order valence-electron chi connectivity index (χ1n) is 8.22. The van der Waals surface area contributed by atoms with Gasteiger partial charge < -0.3 is 10.6 Å². The maximum Gasteiger partial charge on any atom is 0.257 e. The van der Waals surface area contributed by atoms with Crippen molar-refractivity contribution >= 4 is 17.3 Å². The Morgan fingerprint density at radius 2 is 1.74 bits per heavy atom. The van der Waals surface area contributed by atoms with Crippen LogP contribution in [0.25, 0.3) is 0 Å². The first-order chi connectivity index (χ1) is 13.0. The van der Waals surface area contributed by atoms with Gasteiger partial charge >= 0.3 is 0 Å². The molecule has 0 atom stereocenters. The van der Waals surface area contributed by atoms with E-state index >= 15 is 0 Å². The van der Waals surface area contributed by atoms with Crippen LogP contribution >= 0.6 is 0 Å². The van der Waals surface area contributed by atoms with E-state index in [4.69, 9.17) is 0 Å². The van der Waals surface area contributed by atoms with Crippen molar-refractivity contribution in [2.75, 3.05) is 17.2 Å². The Hall–Kier alpha value is -3.35. The van der Waals surface area contributed by atoms with Crippen LogP contribution in [-0.4, -0.2) is 17.4 Å². The third kappa shape index (κ3) is 4.63. The van der Waals surface area contributed by atoms with Crippen LogP contribution in [0.5, 0.6) is 0 Å². The lowest BCUT2D eigenvalue weighted by molar-refractivity contribution is 0.102. The molecule has 0 aliphatic heterocycles. The van der Waals surface area contributed by atoms with E-state index in [0.717, 1.165) is 18.6 Å². The van der Waals surface area contributed by atoms with Crippen molar-refractivity contribution in [2.45, 2.75) is 6.42 Å². The summed E-state index contributed by atoms with van der Waals surface area (Å²) in [5.41, 5.74) is 1.50. The Kier molecular flexibility index (Phi) is 5.71.